The molecule has 0 radical (unpaired) electrons. The molecule has 2 N–H and O–H groups in total. The maximum atomic E-state index is 8.46. The van der Waals surface area contributed by atoms with E-state index < -0.39 is 0 Å². The highest BCUT2D eigenvalue weighted by Gasteiger charge is 2.01. The van der Waals surface area contributed by atoms with Gasteiger partial charge in [0.05, 0.1) is 19.0 Å². The summed E-state index contributed by atoms with van der Waals surface area (Å²) in [7, 11) is 1.48. The second kappa shape index (κ2) is 3.41. The number of methoxy groups -OCH3 is 1. The molecule has 0 spiro atoms. The summed E-state index contributed by atoms with van der Waals surface area (Å²) < 4.78 is 4.84. The summed E-state index contributed by atoms with van der Waals surface area (Å²) >= 11 is 5.61. The molecular weight excluding hydrogens is 168 g/mol. The van der Waals surface area contributed by atoms with Crippen LogP contribution in [0, 0.1) is 0 Å². The minimum absolute atomic E-state index is 0.270. The van der Waals surface area contributed by atoms with Crippen LogP contribution in [0.2, 0.25) is 5.15 Å². The molecule has 0 aliphatic carbocycles. The zero-order valence-electron chi connectivity index (χ0n) is 5.84. The molecule has 0 unspecified atom stereocenters. The Hall–Kier alpha value is -1.00. The second-order valence-corrected chi connectivity index (χ2v) is 2.19. The normalized spacial score (nSPS) is 9.36. The van der Waals surface area contributed by atoms with Crippen LogP contribution in [0.3, 0.4) is 0 Å². The number of nitrogens with zero attached hydrogens (tertiary/aromatic N) is 1. The Morgan fingerprint density at radius 3 is 3.00 bits per heavy atom. The number of nitrogens with one attached hydrogen (secondary N) is 1. The minimum Gasteiger partial charge on any atom is -0.493 e. The van der Waals surface area contributed by atoms with Gasteiger partial charge in [-0.3, -0.25) is 10.7 Å². The van der Waals surface area contributed by atoms with Crippen LogP contribution in [0.15, 0.2) is 12.3 Å². The average molecular weight is 175 g/mol. The van der Waals surface area contributed by atoms with Crippen molar-refractivity contribution in [2.45, 2.75) is 0 Å². The van der Waals surface area contributed by atoms with E-state index in [2.05, 4.69) is 4.98 Å². The molecule has 0 saturated heterocycles. The Bertz CT molecular complexity index is 254. The standard InChI is InChI=1S/C6H7ClN2O2/c1-11-5-2-4(9-10)3-8-6(5)7/h2-3,9-10H,1H3. The van der Waals surface area contributed by atoms with Crippen LogP contribution in [0.25, 0.3) is 0 Å². The molecule has 0 aromatic carbocycles. The van der Waals surface area contributed by atoms with E-state index in [1.54, 1.807) is 0 Å². The van der Waals surface area contributed by atoms with Crippen molar-refractivity contribution in [2.24, 2.45) is 0 Å². The lowest BCUT2D eigenvalue weighted by atomic mass is 10.4. The van der Waals surface area contributed by atoms with Crippen molar-refractivity contribution in [1.29, 1.82) is 0 Å². The Morgan fingerprint density at radius 1 is 1.73 bits per heavy atom. The molecule has 1 aromatic rings. The van der Waals surface area contributed by atoms with Crippen LogP contribution in [0.4, 0.5) is 5.69 Å². The van der Waals surface area contributed by atoms with E-state index in [-0.39, 0.29) is 5.15 Å². The lowest BCUT2D eigenvalue weighted by Gasteiger charge is -2.03. The third-order valence-electron chi connectivity index (χ3n) is 1.16. The summed E-state index contributed by atoms with van der Waals surface area (Å²) in [5.74, 6) is 0.422. The van der Waals surface area contributed by atoms with E-state index in [9.17, 15) is 0 Å². The molecule has 0 atom stereocenters. The number of ether oxygens (including phenoxy) is 1. The summed E-state index contributed by atoms with van der Waals surface area (Å²) in [5.41, 5.74) is 2.36. The molecule has 5 heteroatoms. The molecule has 0 fully saturated rings. The van der Waals surface area contributed by atoms with Gasteiger partial charge in [-0.05, 0) is 0 Å². The molecule has 11 heavy (non-hydrogen) atoms. The molecule has 1 heterocycles. The second-order valence-electron chi connectivity index (χ2n) is 1.83. The molecule has 0 bridgehead atoms. The Balaban J connectivity index is 3.02. The molecular formula is C6H7ClN2O2. The van der Waals surface area contributed by atoms with Crippen LogP contribution in [-0.2, 0) is 0 Å². The first kappa shape index (κ1) is 8.10. The fourth-order valence-corrected chi connectivity index (χ4v) is 0.813. The van der Waals surface area contributed by atoms with E-state index in [4.69, 9.17) is 21.5 Å². The largest absolute Gasteiger partial charge is 0.493 e. The van der Waals surface area contributed by atoms with Crippen LogP contribution < -0.4 is 10.2 Å². The third-order valence-corrected chi connectivity index (χ3v) is 1.44. The van der Waals surface area contributed by atoms with Crippen LogP contribution >= 0.6 is 11.6 Å². The first-order valence-corrected chi connectivity index (χ1v) is 3.25. The van der Waals surface area contributed by atoms with Gasteiger partial charge in [0.1, 0.15) is 0 Å². The van der Waals surface area contributed by atoms with Gasteiger partial charge in [0.2, 0.25) is 0 Å². The lowest BCUT2D eigenvalue weighted by molar-refractivity contribution is 0.385. The van der Waals surface area contributed by atoms with Gasteiger partial charge in [0.25, 0.3) is 0 Å². The number of hydrogen-bond acceptors (Lipinski definition) is 4. The molecule has 0 saturated carbocycles. The Morgan fingerprint density at radius 2 is 2.45 bits per heavy atom. The fraction of sp³-hybridized carbons (Fsp3) is 0.167. The van der Waals surface area contributed by atoms with Gasteiger partial charge in [0.15, 0.2) is 10.9 Å². The zero-order chi connectivity index (χ0) is 8.27. The number of pyridine rings is 1. The quantitative estimate of drug-likeness (QED) is 0.528. The summed E-state index contributed by atoms with van der Waals surface area (Å²) in [6.45, 7) is 0. The molecule has 1 aromatic heterocycles. The Labute approximate surface area is 68.7 Å². The maximum Gasteiger partial charge on any atom is 0.171 e. The number of halogens is 1. The van der Waals surface area contributed by atoms with Crippen LogP contribution in [0.1, 0.15) is 0 Å². The number of rotatable bonds is 2. The topological polar surface area (TPSA) is 54.4 Å². The molecule has 60 valence electrons. The van der Waals surface area contributed by atoms with E-state index >= 15 is 0 Å². The van der Waals surface area contributed by atoms with Gasteiger partial charge in [-0.2, -0.15) is 0 Å². The van der Waals surface area contributed by atoms with Crippen molar-refractivity contribution in [3.63, 3.8) is 0 Å². The number of anilines is 1. The molecule has 4 nitrogen and oxygen atoms in total. The van der Waals surface area contributed by atoms with Gasteiger partial charge in [-0.1, -0.05) is 11.6 Å². The molecule has 0 aliphatic heterocycles. The SMILES string of the molecule is COc1cc(NO)cnc1Cl. The Kier molecular flexibility index (Phi) is 2.51. The minimum atomic E-state index is 0.270. The highest BCUT2D eigenvalue weighted by molar-refractivity contribution is 6.30. The zero-order valence-corrected chi connectivity index (χ0v) is 6.59. The van der Waals surface area contributed by atoms with Gasteiger partial charge in [0, 0.05) is 6.07 Å². The van der Waals surface area contributed by atoms with E-state index in [1.165, 1.54) is 19.4 Å². The smallest absolute Gasteiger partial charge is 0.171 e. The average Bonchev–Trinajstić information content (AvgIpc) is 2.05. The summed E-state index contributed by atoms with van der Waals surface area (Å²) in [5, 5.41) is 8.73. The van der Waals surface area contributed by atoms with Crippen molar-refractivity contribution >= 4 is 17.3 Å². The van der Waals surface area contributed by atoms with Crippen molar-refractivity contribution in [1.82, 2.24) is 4.98 Å². The van der Waals surface area contributed by atoms with E-state index in [1.807, 2.05) is 5.48 Å². The van der Waals surface area contributed by atoms with Crippen molar-refractivity contribution < 1.29 is 9.94 Å². The summed E-state index contributed by atoms with van der Waals surface area (Å²) in [6, 6.07) is 1.54. The maximum absolute atomic E-state index is 8.46. The monoisotopic (exact) mass is 174 g/mol. The van der Waals surface area contributed by atoms with Gasteiger partial charge >= 0.3 is 0 Å². The highest BCUT2D eigenvalue weighted by Crippen LogP contribution is 2.23. The predicted molar refractivity (Wildman–Crippen MR) is 41.2 cm³/mol. The van der Waals surface area contributed by atoms with E-state index in [0.29, 0.717) is 11.4 Å². The van der Waals surface area contributed by atoms with Gasteiger partial charge in [-0.25, -0.2) is 4.98 Å². The predicted octanol–water partition coefficient (Wildman–Crippen LogP) is 1.54. The fourth-order valence-electron chi connectivity index (χ4n) is 0.632. The third kappa shape index (κ3) is 1.72. The van der Waals surface area contributed by atoms with Crippen molar-refractivity contribution in [2.75, 3.05) is 12.6 Å². The van der Waals surface area contributed by atoms with Gasteiger partial charge in [-0.15, -0.1) is 0 Å². The lowest BCUT2D eigenvalue weighted by Crippen LogP contribution is -1.92. The van der Waals surface area contributed by atoms with Crippen molar-refractivity contribution in [3.05, 3.63) is 17.4 Å². The molecule has 0 amide bonds. The number of aromatic nitrogens is 1. The van der Waals surface area contributed by atoms with Crippen molar-refractivity contribution in [3.8, 4) is 5.75 Å². The molecule has 0 aliphatic rings. The molecule has 1 rings (SSSR count). The summed E-state index contributed by atoms with van der Waals surface area (Å²) in [6.07, 6.45) is 1.39. The van der Waals surface area contributed by atoms with Gasteiger partial charge < -0.3 is 4.74 Å². The number of hydrogen-bond donors (Lipinski definition) is 2. The van der Waals surface area contributed by atoms with Crippen LogP contribution in [0.5, 0.6) is 5.75 Å². The highest BCUT2D eigenvalue weighted by atomic mass is 35.5. The summed E-state index contributed by atoms with van der Waals surface area (Å²) in [4.78, 5) is 3.74. The van der Waals surface area contributed by atoms with Crippen LogP contribution in [-0.4, -0.2) is 17.3 Å². The first-order valence-electron chi connectivity index (χ1n) is 2.87. The first-order chi connectivity index (χ1) is 5.27. The van der Waals surface area contributed by atoms with E-state index in [0.717, 1.165) is 0 Å².